The average Bonchev–Trinajstić information content (AvgIpc) is 2.75. The van der Waals surface area contributed by atoms with E-state index in [1.54, 1.807) is 0 Å². The third kappa shape index (κ3) is 2.36. The monoisotopic (exact) mass is 228 g/mol. The topological polar surface area (TPSA) is 64.8 Å². The van der Waals surface area contributed by atoms with Gasteiger partial charge in [-0.2, -0.15) is 0 Å². The van der Waals surface area contributed by atoms with Crippen molar-refractivity contribution >= 4 is 5.91 Å². The van der Waals surface area contributed by atoms with Crippen LogP contribution in [0.5, 0.6) is 0 Å². The quantitative estimate of drug-likeness (QED) is 0.707. The van der Waals surface area contributed by atoms with Gasteiger partial charge in [0.25, 0.3) is 5.91 Å². The Morgan fingerprint density at radius 2 is 2.31 bits per heavy atom. The number of hydrogen-bond acceptors (Lipinski definition) is 4. The maximum atomic E-state index is 12.2. The minimum Gasteiger partial charge on any atom is -0.377 e. The molecule has 92 valence electrons. The molecule has 2 aliphatic rings. The highest BCUT2D eigenvalue weighted by atomic mass is 16.5. The molecule has 0 radical (unpaired) electrons. The minimum absolute atomic E-state index is 0.0146. The van der Waals surface area contributed by atoms with Gasteiger partial charge in [-0.3, -0.25) is 4.79 Å². The zero-order valence-corrected chi connectivity index (χ0v) is 9.72. The third-order valence-corrected chi connectivity index (χ3v) is 3.29. The summed E-state index contributed by atoms with van der Waals surface area (Å²) in [5.41, 5.74) is 5.64. The second kappa shape index (κ2) is 5.12. The molecule has 0 saturated carbocycles. The van der Waals surface area contributed by atoms with Crippen molar-refractivity contribution in [2.45, 2.75) is 38.0 Å². The molecular weight excluding hydrogens is 208 g/mol. The first kappa shape index (κ1) is 11.8. The van der Waals surface area contributed by atoms with Crippen molar-refractivity contribution in [2.75, 3.05) is 26.3 Å². The number of morpholine rings is 1. The largest absolute Gasteiger partial charge is 0.377 e. The summed E-state index contributed by atoms with van der Waals surface area (Å²) in [5.74, 6) is 0.0862. The zero-order valence-electron chi connectivity index (χ0n) is 9.72. The molecule has 0 aromatic carbocycles. The molecule has 5 heteroatoms. The molecule has 2 fully saturated rings. The van der Waals surface area contributed by atoms with Crippen molar-refractivity contribution in [3.05, 3.63) is 0 Å². The Balaban J connectivity index is 1.96. The van der Waals surface area contributed by atoms with Crippen LogP contribution in [0.1, 0.15) is 19.8 Å². The lowest BCUT2D eigenvalue weighted by Gasteiger charge is -2.36. The van der Waals surface area contributed by atoms with Gasteiger partial charge >= 0.3 is 0 Å². The van der Waals surface area contributed by atoms with E-state index in [0.29, 0.717) is 26.3 Å². The lowest BCUT2D eigenvalue weighted by atomic mass is 10.1. The maximum Gasteiger partial charge on any atom is 0.252 e. The molecule has 16 heavy (non-hydrogen) atoms. The predicted molar refractivity (Wildman–Crippen MR) is 58.9 cm³/mol. The van der Waals surface area contributed by atoms with Gasteiger partial charge in [-0.25, -0.2) is 0 Å². The van der Waals surface area contributed by atoms with Gasteiger partial charge in [0.05, 0.1) is 25.4 Å². The summed E-state index contributed by atoms with van der Waals surface area (Å²) < 4.78 is 10.9. The number of carbonyl (C=O) groups excluding carboxylic acids is 1. The predicted octanol–water partition coefficient (Wildman–Crippen LogP) is -0.260. The Morgan fingerprint density at radius 3 is 2.94 bits per heavy atom. The van der Waals surface area contributed by atoms with E-state index in [2.05, 4.69) is 0 Å². The number of hydrogen-bond donors (Lipinski definition) is 1. The molecule has 5 nitrogen and oxygen atoms in total. The van der Waals surface area contributed by atoms with Crippen LogP contribution >= 0.6 is 0 Å². The first-order valence-corrected chi connectivity index (χ1v) is 5.96. The minimum atomic E-state index is -0.262. The Hall–Kier alpha value is -0.650. The van der Waals surface area contributed by atoms with Gasteiger partial charge in [-0.05, 0) is 19.8 Å². The van der Waals surface area contributed by atoms with Crippen LogP contribution in [-0.4, -0.2) is 55.4 Å². The van der Waals surface area contributed by atoms with Crippen molar-refractivity contribution in [2.24, 2.45) is 5.73 Å². The zero-order chi connectivity index (χ0) is 11.5. The Morgan fingerprint density at radius 1 is 1.50 bits per heavy atom. The first-order valence-electron chi connectivity index (χ1n) is 5.96. The summed E-state index contributed by atoms with van der Waals surface area (Å²) in [6.07, 6.45) is 1.73. The molecule has 0 aliphatic carbocycles. The van der Waals surface area contributed by atoms with Gasteiger partial charge in [0.15, 0.2) is 0 Å². The molecule has 0 aromatic heterocycles. The average molecular weight is 228 g/mol. The maximum absolute atomic E-state index is 12.2. The Kier molecular flexibility index (Phi) is 3.78. The molecule has 3 atom stereocenters. The van der Waals surface area contributed by atoms with Crippen molar-refractivity contribution in [3.8, 4) is 0 Å². The van der Waals surface area contributed by atoms with Crippen LogP contribution < -0.4 is 5.73 Å². The lowest BCUT2D eigenvalue weighted by Crippen LogP contribution is -2.54. The van der Waals surface area contributed by atoms with Crippen LogP contribution in [0.4, 0.5) is 0 Å². The number of nitrogens with zero attached hydrogens (tertiary/aromatic N) is 1. The molecule has 0 bridgehead atoms. The smallest absolute Gasteiger partial charge is 0.252 e. The summed E-state index contributed by atoms with van der Waals surface area (Å²) in [6.45, 7) is 4.24. The number of carbonyl (C=O) groups is 1. The van der Waals surface area contributed by atoms with E-state index in [1.807, 2.05) is 11.8 Å². The molecule has 2 saturated heterocycles. The highest BCUT2D eigenvalue weighted by Crippen LogP contribution is 2.22. The van der Waals surface area contributed by atoms with Crippen LogP contribution in [0.25, 0.3) is 0 Å². The molecule has 0 spiro atoms. The number of nitrogens with two attached hydrogens (primary N) is 1. The van der Waals surface area contributed by atoms with E-state index in [1.165, 1.54) is 0 Å². The second-order valence-corrected chi connectivity index (χ2v) is 4.51. The SMILES string of the molecule is CC1CCC(C(=O)N2CCOCC2CN)O1. The van der Waals surface area contributed by atoms with Gasteiger partial charge in [-0.1, -0.05) is 0 Å². The van der Waals surface area contributed by atoms with Gasteiger partial charge in [0, 0.05) is 13.1 Å². The van der Waals surface area contributed by atoms with Crippen LogP contribution in [0, 0.1) is 0 Å². The fourth-order valence-electron chi connectivity index (χ4n) is 2.31. The molecule has 0 aromatic rings. The molecule has 1 amide bonds. The molecule has 3 unspecified atom stereocenters. The highest BCUT2D eigenvalue weighted by Gasteiger charge is 2.35. The fourth-order valence-corrected chi connectivity index (χ4v) is 2.31. The Labute approximate surface area is 95.9 Å². The van der Waals surface area contributed by atoms with Gasteiger partial charge < -0.3 is 20.1 Å². The summed E-state index contributed by atoms with van der Waals surface area (Å²) in [4.78, 5) is 14.0. The van der Waals surface area contributed by atoms with Crippen LogP contribution in [0.3, 0.4) is 0 Å². The molecule has 2 heterocycles. The standard InChI is InChI=1S/C11H20N2O3/c1-8-2-3-10(16-8)11(14)13-4-5-15-7-9(13)6-12/h8-10H,2-7,12H2,1H3. The van der Waals surface area contributed by atoms with Crippen molar-refractivity contribution < 1.29 is 14.3 Å². The lowest BCUT2D eigenvalue weighted by molar-refractivity contribution is -0.150. The van der Waals surface area contributed by atoms with E-state index >= 15 is 0 Å². The van der Waals surface area contributed by atoms with E-state index in [4.69, 9.17) is 15.2 Å². The molecule has 2 rings (SSSR count). The van der Waals surface area contributed by atoms with E-state index in [9.17, 15) is 4.79 Å². The van der Waals surface area contributed by atoms with Crippen LogP contribution in [0.2, 0.25) is 0 Å². The van der Waals surface area contributed by atoms with Gasteiger partial charge in [-0.15, -0.1) is 0 Å². The molecular formula is C11H20N2O3. The van der Waals surface area contributed by atoms with Crippen LogP contribution in [-0.2, 0) is 14.3 Å². The molecule has 2 N–H and O–H groups in total. The first-order chi connectivity index (χ1) is 7.72. The van der Waals surface area contributed by atoms with Gasteiger partial charge in [0.2, 0.25) is 0 Å². The summed E-state index contributed by atoms with van der Waals surface area (Å²) in [7, 11) is 0. The van der Waals surface area contributed by atoms with Gasteiger partial charge in [0.1, 0.15) is 6.10 Å². The second-order valence-electron chi connectivity index (χ2n) is 4.51. The summed E-state index contributed by atoms with van der Waals surface area (Å²) in [5, 5.41) is 0. The van der Waals surface area contributed by atoms with Crippen molar-refractivity contribution in [1.82, 2.24) is 4.90 Å². The summed E-state index contributed by atoms with van der Waals surface area (Å²) in [6, 6.07) is 0.0146. The number of ether oxygens (including phenoxy) is 2. The van der Waals surface area contributed by atoms with Crippen molar-refractivity contribution in [3.63, 3.8) is 0 Å². The van der Waals surface area contributed by atoms with E-state index in [-0.39, 0.29) is 24.2 Å². The third-order valence-electron chi connectivity index (χ3n) is 3.29. The molecule has 2 aliphatic heterocycles. The van der Waals surface area contributed by atoms with Crippen molar-refractivity contribution in [1.29, 1.82) is 0 Å². The van der Waals surface area contributed by atoms with E-state index in [0.717, 1.165) is 12.8 Å². The summed E-state index contributed by atoms with van der Waals surface area (Å²) >= 11 is 0. The number of amides is 1. The number of rotatable bonds is 2. The van der Waals surface area contributed by atoms with Crippen LogP contribution in [0.15, 0.2) is 0 Å². The highest BCUT2D eigenvalue weighted by molar-refractivity contribution is 5.81. The normalized spacial score (nSPS) is 35.4. The fraction of sp³-hybridized carbons (Fsp3) is 0.909. The Bertz CT molecular complexity index is 260. The van der Waals surface area contributed by atoms with E-state index < -0.39 is 0 Å².